The van der Waals surface area contributed by atoms with Crippen molar-refractivity contribution in [2.45, 2.75) is 31.4 Å². The van der Waals surface area contributed by atoms with Crippen LogP contribution in [0.5, 0.6) is 0 Å². The summed E-state index contributed by atoms with van der Waals surface area (Å²) in [6.45, 7) is 4.16. The lowest BCUT2D eigenvalue weighted by Gasteiger charge is -2.41. The highest BCUT2D eigenvalue weighted by Gasteiger charge is 2.32. The molecule has 1 aromatic heterocycles. The fourth-order valence-electron chi connectivity index (χ4n) is 2.61. The normalized spacial score (nSPS) is 27.9. The number of aromatic nitrogens is 1. The largest absolute Gasteiger partial charge is 0.389 e. The molecule has 2 rings (SSSR count). The molecule has 1 aliphatic rings. The summed E-state index contributed by atoms with van der Waals surface area (Å²) in [7, 11) is 0. The Morgan fingerprint density at radius 2 is 2.24 bits per heavy atom. The van der Waals surface area contributed by atoms with Gasteiger partial charge in [0.1, 0.15) is 0 Å². The molecule has 2 heterocycles. The van der Waals surface area contributed by atoms with Crippen molar-refractivity contribution in [2.24, 2.45) is 5.73 Å². The van der Waals surface area contributed by atoms with Gasteiger partial charge in [0.05, 0.1) is 5.60 Å². The molecule has 2 atom stereocenters. The second kappa shape index (κ2) is 5.12. The minimum Gasteiger partial charge on any atom is -0.389 e. The summed E-state index contributed by atoms with van der Waals surface area (Å²) >= 11 is 0. The minimum atomic E-state index is -0.585. The maximum Gasteiger partial charge on any atom is 0.0746 e. The van der Waals surface area contributed by atoms with Crippen molar-refractivity contribution in [3.05, 3.63) is 30.1 Å². The number of piperidine rings is 1. The van der Waals surface area contributed by atoms with Crippen LogP contribution >= 0.6 is 0 Å². The number of nitrogens with two attached hydrogens (primary N) is 1. The molecule has 0 aromatic carbocycles. The summed E-state index contributed by atoms with van der Waals surface area (Å²) in [5.41, 5.74) is 6.48. The van der Waals surface area contributed by atoms with Gasteiger partial charge in [-0.1, -0.05) is 0 Å². The second-order valence-electron chi connectivity index (χ2n) is 5.10. The zero-order chi connectivity index (χ0) is 12.3. The third-order valence-corrected chi connectivity index (χ3v) is 3.46. The third kappa shape index (κ3) is 3.03. The van der Waals surface area contributed by atoms with Gasteiger partial charge in [0, 0.05) is 31.5 Å². The van der Waals surface area contributed by atoms with E-state index in [9.17, 15) is 5.11 Å². The van der Waals surface area contributed by atoms with Gasteiger partial charge in [0.25, 0.3) is 0 Å². The van der Waals surface area contributed by atoms with Gasteiger partial charge in [-0.15, -0.1) is 0 Å². The molecule has 1 aromatic rings. The van der Waals surface area contributed by atoms with E-state index >= 15 is 0 Å². The van der Waals surface area contributed by atoms with E-state index in [0.717, 1.165) is 19.4 Å². The first-order chi connectivity index (χ1) is 8.12. The highest BCUT2D eigenvalue weighted by molar-refractivity contribution is 5.16. The highest BCUT2D eigenvalue weighted by Crippen LogP contribution is 2.27. The Bertz CT molecular complexity index is 353. The molecule has 3 N–H and O–H groups in total. The molecular formula is C13H21N3O. The van der Waals surface area contributed by atoms with Gasteiger partial charge in [-0.05, 0) is 44.0 Å². The number of pyridine rings is 1. The first-order valence-electron chi connectivity index (χ1n) is 6.19. The molecule has 0 saturated carbocycles. The van der Waals surface area contributed by atoms with Gasteiger partial charge < -0.3 is 10.8 Å². The molecule has 0 bridgehead atoms. The fraction of sp³-hybridized carbons (Fsp3) is 0.615. The molecule has 94 valence electrons. The average Bonchev–Trinajstić information content (AvgIpc) is 2.30. The predicted octanol–water partition coefficient (Wildman–Crippen LogP) is 0.928. The van der Waals surface area contributed by atoms with Crippen molar-refractivity contribution in [2.75, 3.05) is 19.6 Å². The van der Waals surface area contributed by atoms with Crippen LogP contribution in [0.3, 0.4) is 0 Å². The Kier molecular flexibility index (Phi) is 3.76. The summed E-state index contributed by atoms with van der Waals surface area (Å²) in [6.07, 6.45) is 5.48. The zero-order valence-electron chi connectivity index (χ0n) is 10.3. The number of rotatable bonds is 3. The van der Waals surface area contributed by atoms with E-state index in [1.165, 1.54) is 5.56 Å². The summed E-state index contributed by atoms with van der Waals surface area (Å²) in [5.74, 6) is 0. The molecule has 17 heavy (non-hydrogen) atoms. The molecule has 4 nitrogen and oxygen atoms in total. The number of hydrogen-bond acceptors (Lipinski definition) is 4. The lowest BCUT2D eigenvalue weighted by molar-refractivity contribution is -0.0293. The first-order valence-corrected chi connectivity index (χ1v) is 6.19. The van der Waals surface area contributed by atoms with Crippen LogP contribution in [0, 0.1) is 0 Å². The van der Waals surface area contributed by atoms with E-state index in [1.54, 1.807) is 12.4 Å². The summed E-state index contributed by atoms with van der Waals surface area (Å²) in [6, 6.07) is 4.19. The van der Waals surface area contributed by atoms with Gasteiger partial charge >= 0.3 is 0 Å². The lowest BCUT2D eigenvalue weighted by Crippen LogP contribution is -2.48. The van der Waals surface area contributed by atoms with Crippen molar-refractivity contribution in [3.8, 4) is 0 Å². The van der Waals surface area contributed by atoms with E-state index in [0.29, 0.717) is 13.1 Å². The van der Waals surface area contributed by atoms with E-state index < -0.39 is 5.60 Å². The topological polar surface area (TPSA) is 62.4 Å². The van der Waals surface area contributed by atoms with Crippen LogP contribution in [0.4, 0.5) is 0 Å². The minimum absolute atomic E-state index is 0.185. The van der Waals surface area contributed by atoms with Crippen LogP contribution in [0.25, 0.3) is 0 Å². The highest BCUT2D eigenvalue weighted by atomic mass is 16.3. The van der Waals surface area contributed by atoms with Crippen LogP contribution in [-0.4, -0.2) is 40.2 Å². The Hall–Kier alpha value is -0.970. The maximum atomic E-state index is 10.1. The number of likely N-dealkylation sites (tertiary alicyclic amines) is 1. The fourth-order valence-corrected chi connectivity index (χ4v) is 2.61. The monoisotopic (exact) mass is 235 g/mol. The van der Waals surface area contributed by atoms with E-state index in [4.69, 9.17) is 5.73 Å². The van der Waals surface area contributed by atoms with Crippen LogP contribution in [0.1, 0.15) is 31.4 Å². The average molecular weight is 235 g/mol. The molecule has 0 aliphatic carbocycles. The van der Waals surface area contributed by atoms with Crippen LogP contribution < -0.4 is 5.73 Å². The van der Waals surface area contributed by atoms with Gasteiger partial charge in [-0.2, -0.15) is 0 Å². The predicted molar refractivity (Wildman–Crippen MR) is 67.5 cm³/mol. The SMILES string of the molecule is CC1(O)CCCN(C(CN)c2ccncc2)C1. The van der Waals surface area contributed by atoms with Crippen LogP contribution in [-0.2, 0) is 0 Å². The van der Waals surface area contributed by atoms with Gasteiger partial charge in [-0.25, -0.2) is 0 Å². The molecule has 1 fully saturated rings. The van der Waals surface area contributed by atoms with E-state index in [2.05, 4.69) is 9.88 Å². The number of aliphatic hydroxyl groups is 1. The summed E-state index contributed by atoms with van der Waals surface area (Å²) < 4.78 is 0. The number of nitrogens with zero attached hydrogens (tertiary/aromatic N) is 2. The molecular weight excluding hydrogens is 214 g/mol. The Labute approximate surface area is 102 Å². The molecule has 0 radical (unpaired) electrons. The van der Waals surface area contributed by atoms with Crippen molar-refractivity contribution in [3.63, 3.8) is 0 Å². The second-order valence-corrected chi connectivity index (χ2v) is 5.10. The first kappa shape index (κ1) is 12.5. The molecule has 4 heteroatoms. The van der Waals surface area contributed by atoms with Crippen molar-refractivity contribution >= 4 is 0 Å². The Balaban J connectivity index is 2.13. The Morgan fingerprint density at radius 3 is 2.82 bits per heavy atom. The van der Waals surface area contributed by atoms with Crippen LogP contribution in [0.2, 0.25) is 0 Å². The Morgan fingerprint density at radius 1 is 1.53 bits per heavy atom. The third-order valence-electron chi connectivity index (χ3n) is 3.46. The van der Waals surface area contributed by atoms with E-state index in [1.807, 2.05) is 19.1 Å². The van der Waals surface area contributed by atoms with Crippen molar-refractivity contribution in [1.29, 1.82) is 0 Å². The van der Waals surface area contributed by atoms with Gasteiger partial charge in [0.15, 0.2) is 0 Å². The maximum absolute atomic E-state index is 10.1. The standard InChI is InChI=1S/C13H21N3O/c1-13(17)5-2-8-16(10-13)12(9-14)11-3-6-15-7-4-11/h3-4,6-7,12,17H,2,5,8-10,14H2,1H3. The van der Waals surface area contributed by atoms with Crippen molar-refractivity contribution in [1.82, 2.24) is 9.88 Å². The van der Waals surface area contributed by atoms with E-state index in [-0.39, 0.29) is 6.04 Å². The molecule has 2 unspecified atom stereocenters. The zero-order valence-corrected chi connectivity index (χ0v) is 10.3. The summed E-state index contributed by atoms with van der Waals surface area (Å²) in [4.78, 5) is 6.30. The molecule has 1 aliphatic heterocycles. The number of hydrogen-bond donors (Lipinski definition) is 2. The van der Waals surface area contributed by atoms with Gasteiger partial charge in [0.2, 0.25) is 0 Å². The van der Waals surface area contributed by atoms with Crippen molar-refractivity contribution < 1.29 is 5.11 Å². The van der Waals surface area contributed by atoms with Gasteiger partial charge in [-0.3, -0.25) is 9.88 Å². The van der Waals surface area contributed by atoms with Crippen LogP contribution in [0.15, 0.2) is 24.5 Å². The molecule has 0 spiro atoms. The molecule has 0 amide bonds. The lowest BCUT2D eigenvalue weighted by atomic mass is 9.92. The molecule has 1 saturated heterocycles. The quantitative estimate of drug-likeness (QED) is 0.818. The number of β-amino-alcohol motifs (C(OH)–C–C–N with tert-alkyl or cyclic N) is 1. The smallest absolute Gasteiger partial charge is 0.0746 e. The summed E-state index contributed by atoms with van der Waals surface area (Å²) in [5, 5.41) is 10.1.